The van der Waals surface area contributed by atoms with E-state index < -0.39 is 0 Å². The van der Waals surface area contributed by atoms with E-state index >= 15 is 0 Å². The third kappa shape index (κ3) is 13.3. The summed E-state index contributed by atoms with van der Waals surface area (Å²) in [6, 6.07) is 0. The van der Waals surface area contributed by atoms with E-state index in [1.807, 2.05) is 6.92 Å². The summed E-state index contributed by atoms with van der Waals surface area (Å²) in [5, 5.41) is 3.26. The van der Waals surface area contributed by atoms with Crippen molar-refractivity contribution < 1.29 is 9.53 Å². The molecule has 0 aliphatic carbocycles. The fraction of sp³-hybridized carbons (Fsp3) is 0.923. The van der Waals surface area contributed by atoms with Crippen LogP contribution in [0.25, 0.3) is 0 Å². The van der Waals surface area contributed by atoms with Crippen molar-refractivity contribution in [1.82, 2.24) is 5.32 Å². The molecule has 4 nitrogen and oxygen atoms in total. The van der Waals surface area contributed by atoms with Crippen LogP contribution in [0.3, 0.4) is 0 Å². The molecule has 0 aliphatic heterocycles. The summed E-state index contributed by atoms with van der Waals surface area (Å²) < 4.78 is 4.84. The van der Waals surface area contributed by atoms with E-state index in [9.17, 15) is 4.79 Å². The van der Waals surface area contributed by atoms with Gasteiger partial charge in [-0.15, -0.1) is 0 Å². The Kier molecular flexibility index (Phi) is 13.0. The Hall–Kier alpha value is -0.610. The molecule has 102 valence electrons. The lowest BCUT2D eigenvalue weighted by Crippen LogP contribution is -2.20. The first-order chi connectivity index (χ1) is 8.31. The Bertz CT molecular complexity index is 175. The van der Waals surface area contributed by atoms with Crippen molar-refractivity contribution in [3.05, 3.63) is 0 Å². The SMILES string of the molecule is CCOC(=O)CCNCCCCCCCCN. The van der Waals surface area contributed by atoms with Crippen LogP contribution in [0.1, 0.15) is 51.9 Å². The minimum absolute atomic E-state index is 0.109. The topological polar surface area (TPSA) is 64.3 Å². The molecular weight excluding hydrogens is 216 g/mol. The predicted octanol–water partition coefficient (Wildman–Crippen LogP) is 1.83. The van der Waals surface area contributed by atoms with Gasteiger partial charge in [0.1, 0.15) is 0 Å². The second kappa shape index (κ2) is 13.5. The Labute approximate surface area is 105 Å². The van der Waals surface area contributed by atoms with E-state index in [4.69, 9.17) is 10.5 Å². The number of rotatable bonds is 12. The highest BCUT2D eigenvalue weighted by Crippen LogP contribution is 2.03. The lowest BCUT2D eigenvalue weighted by molar-refractivity contribution is -0.142. The molecule has 0 aromatic rings. The van der Waals surface area contributed by atoms with Crippen LogP contribution < -0.4 is 11.1 Å². The smallest absolute Gasteiger partial charge is 0.307 e. The van der Waals surface area contributed by atoms with Crippen LogP contribution in [0.5, 0.6) is 0 Å². The zero-order valence-corrected chi connectivity index (χ0v) is 11.2. The highest BCUT2D eigenvalue weighted by Gasteiger charge is 1.99. The summed E-state index contributed by atoms with van der Waals surface area (Å²) in [4.78, 5) is 11.0. The number of unbranched alkanes of at least 4 members (excludes halogenated alkanes) is 5. The normalized spacial score (nSPS) is 10.5. The molecule has 4 heteroatoms. The van der Waals surface area contributed by atoms with E-state index in [1.165, 1.54) is 32.1 Å². The number of esters is 1. The van der Waals surface area contributed by atoms with Gasteiger partial charge >= 0.3 is 5.97 Å². The molecule has 0 saturated carbocycles. The van der Waals surface area contributed by atoms with E-state index in [0.29, 0.717) is 13.0 Å². The van der Waals surface area contributed by atoms with E-state index in [2.05, 4.69) is 5.32 Å². The Morgan fingerprint density at radius 3 is 2.35 bits per heavy atom. The van der Waals surface area contributed by atoms with E-state index in [0.717, 1.165) is 26.1 Å². The maximum Gasteiger partial charge on any atom is 0.307 e. The second-order valence-electron chi connectivity index (χ2n) is 4.22. The van der Waals surface area contributed by atoms with E-state index in [1.54, 1.807) is 0 Å². The maximum absolute atomic E-state index is 11.0. The molecule has 0 heterocycles. The molecule has 0 rings (SSSR count). The molecule has 0 aromatic heterocycles. The number of nitrogens with one attached hydrogen (secondary N) is 1. The van der Waals surface area contributed by atoms with Crippen LogP contribution in [0.4, 0.5) is 0 Å². The Balaban J connectivity index is 3.01. The van der Waals surface area contributed by atoms with Crippen LogP contribution in [-0.4, -0.2) is 32.2 Å². The molecule has 0 unspecified atom stereocenters. The molecule has 0 atom stereocenters. The molecule has 0 saturated heterocycles. The van der Waals surface area contributed by atoms with E-state index in [-0.39, 0.29) is 5.97 Å². The molecule has 0 bridgehead atoms. The van der Waals surface area contributed by atoms with Crippen LogP contribution in [0.2, 0.25) is 0 Å². The highest BCUT2D eigenvalue weighted by molar-refractivity contribution is 5.69. The third-order valence-corrected chi connectivity index (χ3v) is 2.62. The molecular formula is C13H28N2O2. The van der Waals surface area contributed by atoms with Crippen LogP contribution >= 0.6 is 0 Å². The third-order valence-electron chi connectivity index (χ3n) is 2.62. The summed E-state index contributed by atoms with van der Waals surface area (Å²) in [7, 11) is 0. The highest BCUT2D eigenvalue weighted by atomic mass is 16.5. The number of carbonyl (C=O) groups excluding carboxylic acids is 1. The lowest BCUT2D eigenvalue weighted by atomic mass is 10.1. The van der Waals surface area contributed by atoms with Crippen molar-refractivity contribution in [1.29, 1.82) is 0 Å². The predicted molar refractivity (Wildman–Crippen MR) is 70.9 cm³/mol. The Morgan fingerprint density at radius 1 is 1.06 bits per heavy atom. The summed E-state index contributed by atoms with van der Waals surface area (Å²) >= 11 is 0. The summed E-state index contributed by atoms with van der Waals surface area (Å²) in [6.45, 7) is 4.84. The number of ether oxygens (including phenoxy) is 1. The molecule has 0 aliphatic rings. The Morgan fingerprint density at radius 2 is 1.71 bits per heavy atom. The standard InChI is InChI=1S/C13H28N2O2/c1-2-17-13(16)9-12-15-11-8-6-4-3-5-7-10-14/h15H,2-12,14H2,1H3. The van der Waals surface area contributed by atoms with Crippen molar-refractivity contribution in [3.63, 3.8) is 0 Å². The van der Waals surface area contributed by atoms with Crippen molar-refractivity contribution in [2.24, 2.45) is 5.73 Å². The van der Waals surface area contributed by atoms with Gasteiger partial charge in [-0.05, 0) is 32.9 Å². The number of carbonyl (C=O) groups is 1. The van der Waals surface area contributed by atoms with Gasteiger partial charge in [-0.25, -0.2) is 0 Å². The van der Waals surface area contributed by atoms with Crippen molar-refractivity contribution in [3.8, 4) is 0 Å². The van der Waals surface area contributed by atoms with Gasteiger partial charge in [0.25, 0.3) is 0 Å². The molecule has 17 heavy (non-hydrogen) atoms. The molecule has 0 amide bonds. The number of nitrogens with two attached hydrogens (primary N) is 1. The summed E-state index contributed by atoms with van der Waals surface area (Å²) in [5.74, 6) is -0.109. The van der Waals surface area contributed by atoms with Crippen LogP contribution in [0.15, 0.2) is 0 Å². The molecule has 0 fully saturated rings. The first-order valence-electron chi connectivity index (χ1n) is 6.87. The molecule has 3 N–H and O–H groups in total. The fourth-order valence-corrected chi connectivity index (χ4v) is 1.65. The van der Waals surface area contributed by atoms with Gasteiger partial charge in [-0.3, -0.25) is 4.79 Å². The van der Waals surface area contributed by atoms with Gasteiger partial charge in [0.2, 0.25) is 0 Å². The van der Waals surface area contributed by atoms with Crippen molar-refractivity contribution >= 4 is 5.97 Å². The second-order valence-corrected chi connectivity index (χ2v) is 4.22. The van der Waals surface area contributed by atoms with Gasteiger partial charge in [-0.2, -0.15) is 0 Å². The van der Waals surface area contributed by atoms with Crippen LogP contribution in [0, 0.1) is 0 Å². The van der Waals surface area contributed by atoms with Crippen LogP contribution in [-0.2, 0) is 9.53 Å². The van der Waals surface area contributed by atoms with Gasteiger partial charge in [0, 0.05) is 6.54 Å². The van der Waals surface area contributed by atoms with Crippen molar-refractivity contribution in [2.45, 2.75) is 51.9 Å². The number of hydrogen-bond acceptors (Lipinski definition) is 4. The van der Waals surface area contributed by atoms with Gasteiger partial charge in [0.05, 0.1) is 13.0 Å². The summed E-state index contributed by atoms with van der Waals surface area (Å²) in [5.41, 5.74) is 5.42. The molecule has 0 aromatic carbocycles. The summed E-state index contributed by atoms with van der Waals surface area (Å²) in [6.07, 6.45) is 7.91. The first kappa shape index (κ1) is 16.4. The lowest BCUT2D eigenvalue weighted by Gasteiger charge is -2.04. The largest absolute Gasteiger partial charge is 0.466 e. The average molecular weight is 244 g/mol. The van der Waals surface area contributed by atoms with Gasteiger partial charge in [0.15, 0.2) is 0 Å². The zero-order valence-electron chi connectivity index (χ0n) is 11.2. The minimum atomic E-state index is -0.109. The first-order valence-corrected chi connectivity index (χ1v) is 6.87. The fourth-order valence-electron chi connectivity index (χ4n) is 1.65. The monoisotopic (exact) mass is 244 g/mol. The van der Waals surface area contributed by atoms with Gasteiger partial charge in [-0.1, -0.05) is 25.7 Å². The maximum atomic E-state index is 11.0. The van der Waals surface area contributed by atoms with Crippen molar-refractivity contribution in [2.75, 3.05) is 26.2 Å². The quantitative estimate of drug-likeness (QED) is 0.406. The number of hydrogen-bond donors (Lipinski definition) is 2. The minimum Gasteiger partial charge on any atom is -0.466 e. The van der Waals surface area contributed by atoms with Gasteiger partial charge < -0.3 is 15.8 Å². The molecule has 0 radical (unpaired) electrons. The molecule has 0 spiro atoms. The average Bonchev–Trinajstić information content (AvgIpc) is 2.32. The zero-order chi connectivity index (χ0) is 12.8.